The molecule has 2 atom stereocenters. The number of nitrogens with one attached hydrogen (secondary N) is 2. The van der Waals surface area contributed by atoms with Crippen LogP contribution in [0.2, 0.25) is 0 Å². The summed E-state index contributed by atoms with van der Waals surface area (Å²) < 4.78 is 27.8. The first-order valence-electron chi connectivity index (χ1n) is 13.6. The average Bonchev–Trinajstić information content (AvgIpc) is 3.28. The van der Waals surface area contributed by atoms with Gasteiger partial charge in [-0.25, -0.2) is 13.8 Å². The lowest BCUT2D eigenvalue weighted by molar-refractivity contribution is -0.129. The van der Waals surface area contributed by atoms with Crippen LogP contribution in [-0.2, 0) is 34.5 Å². The van der Waals surface area contributed by atoms with Crippen molar-refractivity contribution in [2.45, 2.75) is 64.3 Å². The Kier molecular flexibility index (Phi) is 9.62. The summed E-state index contributed by atoms with van der Waals surface area (Å²) in [4.78, 5) is 25.7. The highest BCUT2D eigenvalue weighted by atomic mass is 19.1. The Balaban J connectivity index is 1.44. The molecule has 0 saturated carbocycles. The quantitative estimate of drug-likeness (QED) is 0.326. The maximum absolute atomic E-state index is 13.9. The van der Waals surface area contributed by atoms with Crippen LogP contribution < -0.4 is 10.6 Å². The van der Waals surface area contributed by atoms with Gasteiger partial charge in [0.15, 0.2) is 0 Å². The molecule has 2 amide bonds. The van der Waals surface area contributed by atoms with E-state index in [1.807, 2.05) is 42.5 Å². The lowest BCUT2D eigenvalue weighted by atomic mass is 9.86. The molecule has 216 valence electrons. The summed E-state index contributed by atoms with van der Waals surface area (Å²) in [5, 5.41) is 22.5. The SMILES string of the molecule is CC(C)(C)c1cccc(CNC[C@@H](O)[C@H](Cc2cc(F)cc(F)c2)NC(=O)C2=NN(Cc3ccccc3)C(=O)C2)c1. The van der Waals surface area contributed by atoms with E-state index in [1.54, 1.807) is 0 Å². The number of hydrogen-bond acceptors (Lipinski definition) is 5. The van der Waals surface area contributed by atoms with Crippen molar-refractivity contribution in [3.63, 3.8) is 0 Å². The van der Waals surface area contributed by atoms with Gasteiger partial charge in [-0.15, -0.1) is 0 Å². The van der Waals surface area contributed by atoms with Crippen molar-refractivity contribution >= 4 is 17.5 Å². The molecule has 0 fully saturated rings. The zero-order valence-corrected chi connectivity index (χ0v) is 23.5. The van der Waals surface area contributed by atoms with Crippen molar-refractivity contribution in [1.82, 2.24) is 15.6 Å². The molecule has 41 heavy (non-hydrogen) atoms. The normalized spacial score (nSPS) is 15.0. The number of aliphatic hydroxyl groups excluding tert-OH is 1. The molecule has 0 radical (unpaired) electrons. The largest absolute Gasteiger partial charge is 0.390 e. The van der Waals surface area contributed by atoms with Gasteiger partial charge in [0.1, 0.15) is 17.3 Å². The molecule has 0 spiro atoms. The molecule has 0 unspecified atom stereocenters. The Morgan fingerprint density at radius 1 is 0.976 bits per heavy atom. The maximum Gasteiger partial charge on any atom is 0.268 e. The van der Waals surface area contributed by atoms with Gasteiger partial charge >= 0.3 is 0 Å². The molecule has 9 heteroatoms. The van der Waals surface area contributed by atoms with Crippen LogP contribution in [0.1, 0.15) is 49.4 Å². The lowest BCUT2D eigenvalue weighted by Crippen LogP contribution is -2.50. The van der Waals surface area contributed by atoms with Crippen LogP contribution in [0.15, 0.2) is 77.9 Å². The Labute approximate surface area is 239 Å². The molecular weight excluding hydrogens is 526 g/mol. The van der Waals surface area contributed by atoms with Crippen LogP contribution in [0, 0.1) is 11.6 Å². The van der Waals surface area contributed by atoms with Crippen molar-refractivity contribution in [2.75, 3.05) is 6.54 Å². The smallest absolute Gasteiger partial charge is 0.268 e. The molecule has 3 aromatic rings. The van der Waals surface area contributed by atoms with Gasteiger partial charge in [0, 0.05) is 19.2 Å². The van der Waals surface area contributed by atoms with E-state index in [4.69, 9.17) is 0 Å². The number of carbonyl (C=O) groups is 2. The number of halogens is 2. The molecule has 0 aliphatic carbocycles. The number of amides is 2. The number of nitrogens with zero attached hydrogens (tertiary/aromatic N) is 2. The van der Waals surface area contributed by atoms with Gasteiger partial charge in [-0.05, 0) is 46.2 Å². The summed E-state index contributed by atoms with van der Waals surface area (Å²) in [6, 6.07) is 19.6. The van der Waals surface area contributed by atoms with Gasteiger partial charge in [0.2, 0.25) is 5.91 Å². The third kappa shape index (κ3) is 8.52. The molecule has 3 aromatic carbocycles. The first-order chi connectivity index (χ1) is 19.5. The monoisotopic (exact) mass is 562 g/mol. The number of hydrogen-bond donors (Lipinski definition) is 3. The van der Waals surface area contributed by atoms with Crippen LogP contribution in [-0.4, -0.2) is 46.3 Å². The fraction of sp³-hybridized carbons (Fsp3) is 0.344. The fourth-order valence-electron chi connectivity index (χ4n) is 4.65. The maximum atomic E-state index is 13.9. The number of hydrazone groups is 1. The first kappa shape index (κ1) is 30.0. The summed E-state index contributed by atoms with van der Waals surface area (Å²) in [5.41, 5.74) is 3.37. The molecule has 0 saturated heterocycles. The molecule has 1 heterocycles. The van der Waals surface area contributed by atoms with E-state index in [1.165, 1.54) is 22.7 Å². The van der Waals surface area contributed by atoms with E-state index < -0.39 is 29.7 Å². The number of benzene rings is 3. The van der Waals surface area contributed by atoms with Gasteiger partial charge in [-0.1, -0.05) is 75.4 Å². The summed E-state index contributed by atoms with van der Waals surface area (Å²) in [6.45, 7) is 7.21. The van der Waals surface area contributed by atoms with Crippen molar-refractivity contribution in [3.05, 3.63) is 107 Å². The van der Waals surface area contributed by atoms with E-state index in [9.17, 15) is 23.5 Å². The summed E-state index contributed by atoms with van der Waals surface area (Å²) in [5.74, 6) is -2.44. The molecule has 0 bridgehead atoms. The van der Waals surface area contributed by atoms with E-state index >= 15 is 0 Å². The first-order valence-corrected chi connectivity index (χ1v) is 13.6. The van der Waals surface area contributed by atoms with Crippen LogP contribution in [0.5, 0.6) is 0 Å². The molecule has 1 aliphatic rings. The Hall–Kier alpha value is -3.95. The third-order valence-corrected chi connectivity index (χ3v) is 6.92. The minimum absolute atomic E-state index is 0.00779. The summed E-state index contributed by atoms with van der Waals surface area (Å²) >= 11 is 0. The molecule has 1 aliphatic heterocycles. The minimum Gasteiger partial charge on any atom is -0.390 e. The van der Waals surface area contributed by atoms with Crippen molar-refractivity contribution < 1.29 is 23.5 Å². The van der Waals surface area contributed by atoms with E-state index in [0.717, 1.165) is 17.2 Å². The van der Waals surface area contributed by atoms with Crippen molar-refractivity contribution in [1.29, 1.82) is 0 Å². The highest BCUT2D eigenvalue weighted by Crippen LogP contribution is 2.23. The second-order valence-electron chi connectivity index (χ2n) is 11.4. The van der Waals surface area contributed by atoms with Gasteiger partial charge < -0.3 is 15.7 Å². The third-order valence-electron chi connectivity index (χ3n) is 6.92. The number of carbonyl (C=O) groups excluding carboxylic acids is 2. The summed E-state index contributed by atoms with van der Waals surface area (Å²) in [7, 11) is 0. The zero-order valence-electron chi connectivity index (χ0n) is 23.5. The van der Waals surface area contributed by atoms with Gasteiger partial charge in [-0.3, -0.25) is 9.59 Å². The Morgan fingerprint density at radius 3 is 2.34 bits per heavy atom. The van der Waals surface area contributed by atoms with E-state index in [0.29, 0.717) is 6.54 Å². The molecule has 7 nitrogen and oxygen atoms in total. The Morgan fingerprint density at radius 2 is 1.66 bits per heavy atom. The highest BCUT2D eigenvalue weighted by molar-refractivity contribution is 6.43. The van der Waals surface area contributed by atoms with Crippen molar-refractivity contribution in [2.24, 2.45) is 5.10 Å². The average molecular weight is 563 g/mol. The fourth-order valence-corrected chi connectivity index (χ4v) is 4.65. The molecule has 0 aromatic heterocycles. The van der Waals surface area contributed by atoms with Crippen LogP contribution in [0.25, 0.3) is 0 Å². The highest BCUT2D eigenvalue weighted by Gasteiger charge is 2.31. The predicted octanol–water partition coefficient (Wildman–Crippen LogP) is 4.23. The lowest BCUT2D eigenvalue weighted by Gasteiger charge is -2.25. The zero-order chi connectivity index (χ0) is 29.6. The second-order valence-corrected chi connectivity index (χ2v) is 11.4. The van der Waals surface area contributed by atoms with E-state index in [-0.39, 0.29) is 48.5 Å². The molecule has 3 N–H and O–H groups in total. The molecule has 4 rings (SSSR count). The Bertz CT molecular complexity index is 1390. The van der Waals surface area contributed by atoms with Crippen molar-refractivity contribution in [3.8, 4) is 0 Å². The summed E-state index contributed by atoms with van der Waals surface area (Å²) in [6.07, 6.45) is -1.31. The van der Waals surface area contributed by atoms with Gasteiger partial charge in [0.25, 0.3) is 5.91 Å². The standard InChI is InChI=1S/C32H36F2N4O3/c1-32(2,3)24-11-7-10-22(12-24)18-35-19-29(39)27(15-23-13-25(33)16-26(34)14-23)36-31(41)28-17-30(40)38(37-28)20-21-8-5-4-6-9-21/h4-14,16,27,29,35,39H,15,17-20H2,1-3H3,(H,36,41)/t27-,29+/m0/s1. The van der Waals surface area contributed by atoms with Gasteiger partial charge in [-0.2, -0.15) is 5.10 Å². The topological polar surface area (TPSA) is 94.0 Å². The van der Waals surface area contributed by atoms with E-state index in [2.05, 4.69) is 48.6 Å². The predicted molar refractivity (Wildman–Crippen MR) is 154 cm³/mol. The number of aliphatic hydroxyl groups is 1. The van der Waals surface area contributed by atoms with Crippen LogP contribution >= 0.6 is 0 Å². The number of rotatable bonds is 11. The van der Waals surface area contributed by atoms with Gasteiger partial charge in [0.05, 0.1) is 25.1 Å². The van der Waals surface area contributed by atoms with Crippen LogP contribution in [0.3, 0.4) is 0 Å². The van der Waals surface area contributed by atoms with Crippen LogP contribution in [0.4, 0.5) is 8.78 Å². The molecular formula is C32H36F2N4O3. The second kappa shape index (κ2) is 13.1. The minimum atomic E-state index is -1.10.